The molecule has 5 nitrogen and oxygen atoms in total. The van der Waals surface area contributed by atoms with Crippen molar-refractivity contribution in [1.29, 1.82) is 5.26 Å². The summed E-state index contributed by atoms with van der Waals surface area (Å²) in [4.78, 5) is -0.375. The van der Waals surface area contributed by atoms with Crippen molar-refractivity contribution >= 4 is 10.0 Å². The number of rotatable bonds is 4. The highest BCUT2D eigenvalue weighted by atomic mass is 32.2. The van der Waals surface area contributed by atoms with Crippen molar-refractivity contribution in [2.24, 2.45) is 5.73 Å². The molecule has 0 saturated carbocycles. The Balaban J connectivity index is 3.26. The molecule has 1 atom stereocenters. The van der Waals surface area contributed by atoms with Crippen molar-refractivity contribution in [2.45, 2.75) is 17.9 Å². The Morgan fingerprint density at radius 3 is 2.76 bits per heavy atom. The van der Waals surface area contributed by atoms with E-state index in [1.54, 1.807) is 6.92 Å². The fourth-order valence-electron chi connectivity index (χ4n) is 1.21. The first-order valence-corrected chi connectivity index (χ1v) is 6.31. The van der Waals surface area contributed by atoms with E-state index in [9.17, 15) is 12.8 Å². The summed E-state index contributed by atoms with van der Waals surface area (Å²) in [5, 5.41) is 8.75. The van der Waals surface area contributed by atoms with E-state index in [0.717, 1.165) is 6.07 Å². The number of nitrogens with zero attached hydrogens (tertiary/aromatic N) is 1. The molecule has 7 heteroatoms. The zero-order valence-corrected chi connectivity index (χ0v) is 9.96. The van der Waals surface area contributed by atoms with Gasteiger partial charge in [0, 0.05) is 12.6 Å². The predicted molar refractivity (Wildman–Crippen MR) is 60.0 cm³/mol. The molecule has 92 valence electrons. The molecule has 0 amide bonds. The number of hydrogen-bond donors (Lipinski definition) is 2. The Morgan fingerprint density at radius 2 is 2.24 bits per heavy atom. The molecule has 0 heterocycles. The highest BCUT2D eigenvalue weighted by Crippen LogP contribution is 2.17. The smallest absolute Gasteiger partial charge is 0.242 e. The van der Waals surface area contributed by atoms with Crippen LogP contribution in [-0.2, 0) is 10.0 Å². The van der Waals surface area contributed by atoms with Gasteiger partial charge in [-0.2, -0.15) is 5.26 Å². The van der Waals surface area contributed by atoms with Gasteiger partial charge in [0.2, 0.25) is 10.0 Å². The summed E-state index contributed by atoms with van der Waals surface area (Å²) in [6.45, 7) is 1.68. The van der Waals surface area contributed by atoms with Crippen molar-refractivity contribution in [3.63, 3.8) is 0 Å². The van der Waals surface area contributed by atoms with E-state index in [-0.39, 0.29) is 11.4 Å². The Hall–Kier alpha value is -1.49. The Kier molecular flexibility index (Phi) is 4.17. The van der Waals surface area contributed by atoms with Gasteiger partial charge in [0.25, 0.3) is 0 Å². The van der Waals surface area contributed by atoms with Crippen molar-refractivity contribution in [1.82, 2.24) is 4.72 Å². The standard InChI is InChI=1S/C10H12FN3O2S/c1-7(5-12)14-17(15,16)10-4-2-3-9(11)8(10)6-13/h2-4,7,14H,5,12H2,1H3. The lowest BCUT2D eigenvalue weighted by atomic mass is 10.2. The number of nitrogens with one attached hydrogen (secondary N) is 1. The Bertz CT molecular complexity index is 551. The molecule has 1 rings (SSSR count). The molecule has 0 aromatic heterocycles. The molecule has 17 heavy (non-hydrogen) atoms. The summed E-state index contributed by atoms with van der Waals surface area (Å²) in [7, 11) is -3.93. The molecule has 0 aliphatic heterocycles. The van der Waals surface area contributed by atoms with E-state index in [2.05, 4.69) is 4.72 Å². The SMILES string of the molecule is CC(CN)NS(=O)(=O)c1cccc(F)c1C#N. The molecule has 0 aliphatic carbocycles. The van der Waals surface area contributed by atoms with Crippen LogP contribution in [0.25, 0.3) is 0 Å². The topological polar surface area (TPSA) is 96.0 Å². The maximum absolute atomic E-state index is 13.3. The highest BCUT2D eigenvalue weighted by molar-refractivity contribution is 7.89. The van der Waals surface area contributed by atoms with Gasteiger partial charge < -0.3 is 5.73 Å². The number of sulfonamides is 1. The molecular formula is C10H12FN3O2S. The van der Waals surface area contributed by atoms with Crippen LogP contribution in [0.2, 0.25) is 0 Å². The summed E-state index contributed by atoms with van der Waals surface area (Å²) in [5.74, 6) is -0.865. The summed E-state index contributed by atoms with van der Waals surface area (Å²) >= 11 is 0. The molecule has 1 aromatic carbocycles. The highest BCUT2D eigenvalue weighted by Gasteiger charge is 2.22. The fraction of sp³-hybridized carbons (Fsp3) is 0.300. The largest absolute Gasteiger partial charge is 0.329 e. The molecule has 0 aliphatic rings. The van der Waals surface area contributed by atoms with Crippen LogP contribution in [0, 0.1) is 17.1 Å². The zero-order chi connectivity index (χ0) is 13.1. The third-order valence-electron chi connectivity index (χ3n) is 2.09. The summed E-state index contributed by atoms with van der Waals surface area (Å²) < 4.78 is 39.2. The van der Waals surface area contributed by atoms with Crippen LogP contribution in [0.4, 0.5) is 4.39 Å². The second kappa shape index (κ2) is 5.23. The average molecular weight is 257 g/mol. The lowest BCUT2D eigenvalue weighted by Crippen LogP contribution is -2.38. The normalized spacial score (nSPS) is 13.1. The minimum Gasteiger partial charge on any atom is -0.329 e. The van der Waals surface area contributed by atoms with Gasteiger partial charge in [-0.15, -0.1) is 0 Å². The van der Waals surface area contributed by atoms with Crippen molar-refractivity contribution in [2.75, 3.05) is 6.54 Å². The number of hydrogen-bond acceptors (Lipinski definition) is 4. The van der Waals surface area contributed by atoms with E-state index in [4.69, 9.17) is 11.0 Å². The first kappa shape index (κ1) is 13.6. The number of nitrogens with two attached hydrogens (primary N) is 1. The molecule has 0 spiro atoms. The number of nitriles is 1. The minimum absolute atomic E-state index is 0.108. The van der Waals surface area contributed by atoms with Gasteiger partial charge in [-0.25, -0.2) is 17.5 Å². The minimum atomic E-state index is -3.93. The van der Waals surface area contributed by atoms with Gasteiger partial charge in [-0.05, 0) is 19.1 Å². The third kappa shape index (κ3) is 3.00. The molecule has 1 unspecified atom stereocenters. The average Bonchev–Trinajstić information content (AvgIpc) is 2.28. The van der Waals surface area contributed by atoms with Crippen LogP contribution < -0.4 is 10.5 Å². The van der Waals surface area contributed by atoms with E-state index in [0.29, 0.717) is 0 Å². The van der Waals surface area contributed by atoms with E-state index < -0.39 is 27.4 Å². The summed E-state index contributed by atoms with van der Waals surface area (Å²) in [6, 6.07) is 4.48. The Labute approximate surface area is 99.1 Å². The third-order valence-corrected chi connectivity index (χ3v) is 3.72. The first-order valence-electron chi connectivity index (χ1n) is 4.83. The fourth-order valence-corrected chi connectivity index (χ4v) is 2.64. The molecular weight excluding hydrogens is 245 g/mol. The second-order valence-corrected chi connectivity index (χ2v) is 5.17. The van der Waals surface area contributed by atoms with Gasteiger partial charge in [0.05, 0.1) is 0 Å². The van der Waals surface area contributed by atoms with Gasteiger partial charge in [0.1, 0.15) is 22.3 Å². The van der Waals surface area contributed by atoms with E-state index >= 15 is 0 Å². The van der Waals surface area contributed by atoms with Crippen LogP contribution in [0.3, 0.4) is 0 Å². The molecule has 0 fully saturated rings. The molecule has 3 N–H and O–H groups in total. The molecule has 0 radical (unpaired) electrons. The van der Waals surface area contributed by atoms with Crippen molar-refractivity contribution in [3.05, 3.63) is 29.6 Å². The number of halogens is 1. The van der Waals surface area contributed by atoms with Gasteiger partial charge in [-0.3, -0.25) is 0 Å². The van der Waals surface area contributed by atoms with Gasteiger partial charge in [0.15, 0.2) is 0 Å². The molecule has 0 saturated heterocycles. The van der Waals surface area contributed by atoms with Crippen LogP contribution in [0.15, 0.2) is 23.1 Å². The molecule has 1 aromatic rings. The van der Waals surface area contributed by atoms with Gasteiger partial charge in [-0.1, -0.05) is 6.07 Å². The summed E-state index contributed by atoms with van der Waals surface area (Å²) in [6.07, 6.45) is 0. The van der Waals surface area contributed by atoms with Gasteiger partial charge >= 0.3 is 0 Å². The maximum atomic E-state index is 13.3. The van der Waals surface area contributed by atoms with E-state index in [1.165, 1.54) is 18.2 Å². The Morgan fingerprint density at radius 1 is 1.59 bits per heavy atom. The predicted octanol–water partition coefficient (Wildman–Crippen LogP) is 0.323. The molecule has 0 bridgehead atoms. The van der Waals surface area contributed by atoms with Crippen molar-refractivity contribution < 1.29 is 12.8 Å². The van der Waals surface area contributed by atoms with Crippen molar-refractivity contribution in [3.8, 4) is 6.07 Å². The van der Waals surface area contributed by atoms with Crippen LogP contribution >= 0.6 is 0 Å². The maximum Gasteiger partial charge on any atom is 0.242 e. The van der Waals surface area contributed by atoms with Crippen LogP contribution in [-0.4, -0.2) is 21.0 Å². The lowest BCUT2D eigenvalue weighted by Gasteiger charge is -2.12. The van der Waals surface area contributed by atoms with Crippen LogP contribution in [0.1, 0.15) is 12.5 Å². The second-order valence-electron chi connectivity index (χ2n) is 3.48. The first-order chi connectivity index (χ1) is 7.92. The lowest BCUT2D eigenvalue weighted by molar-refractivity contribution is 0.559. The quantitative estimate of drug-likeness (QED) is 0.812. The van der Waals surface area contributed by atoms with Crippen LogP contribution in [0.5, 0.6) is 0 Å². The summed E-state index contributed by atoms with van der Waals surface area (Å²) in [5.41, 5.74) is 4.80. The van der Waals surface area contributed by atoms with E-state index in [1.807, 2.05) is 0 Å². The monoisotopic (exact) mass is 257 g/mol. The number of benzene rings is 1. The zero-order valence-electron chi connectivity index (χ0n) is 9.14.